The van der Waals surface area contributed by atoms with E-state index in [0.29, 0.717) is 10.8 Å². The molecular formula is C15H23NO2S. The molecular weight excluding hydrogens is 258 g/mol. The summed E-state index contributed by atoms with van der Waals surface area (Å²) in [5.74, 6) is 0.480. The van der Waals surface area contributed by atoms with Crippen LogP contribution in [-0.2, 0) is 9.84 Å². The van der Waals surface area contributed by atoms with Gasteiger partial charge in [0.1, 0.15) is 0 Å². The van der Waals surface area contributed by atoms with E-state index in [1.807, 2.05) is 26.1 Å². The van der Waals surface area contributed by atoms with E-state index in [9.17, 15) is 8.42 Å². The van der Waals surface area contributed by atoms with Crippen molar-refractivity contribution in [1.29, 1.82) is 0 Å². The van der Waals surface area contributed by atoms with Gasteiger partial charge in [-0.2, -0.15) is 0 Å². The summed E-state index contributed by atoms with van der Waals surface area (Å²) < 4.78 is 25.8. The Balaban J connectivity index is 2.40. The lowest BCUT2D eigenvalue weighted by molar-refractivity contribution is 0.319. The molecule has 0 saturated heterocycles. The van der Waals surface area contributed by atoms with Crippen LogP contribution in [0.15, 0.2) is 29.2 Å². The maximum atomic E-state index is 12.9. The summed E-state index contributed by atoms with van der Waals surface area (Å²) in [5.41, 5.74) is 0.843. The molecule has 106 valence electrons. The second-order valence-electron chi connectivity index (χ2n) is 5.66. The van der Waals surface area contributed by atoms with Gasteiger partial charge >= 0.3 is 0 Å². The first-order valence-electron chi connectivity index (χ1n) is 6.93. The maximum absolute atomic E-state index is 12.9. The molecule has 1 aliphatic carbocycles. The quantitative estimate of drug-likeness (QED) is 0.926. The zero-order chi connectivity index (χ0) is 14.0. The average molecular weight is 281 g/mol. The highest BCUT2D eigenvalue weighted by atomic mass is 32.2. The second kappa shape index (κ2) is 5.63. The molecule has 0 heterocycles. The van der Waals surface area contributed by atoms with E-state index in [4.69, 9.17) is 0 Å². The summed E-state index contributed by atoms with van der Waals surface area (Å²) in [5, 5.41) is 2.89. The highest BCUT2D eigenvalue weighted by molar-refractivity contribution is 7.92. The van der Waals surface area contributed by atoms with Gasteiger partial charge in [-0.05, 0) is 50.8 Å². The second-order valence-corrected chi connectivity index (χ2v) is 7.80. The zero-order valence-electron chi connectivity index (χ0n) is 11.9. The van der Waals surface area contributed by atoms with Crippen LogP contribution in [0.5, 0.6) is 0 Å². The topological polar surface area (TPSA) is 46.2 Å². The third kappa shape index (κ3) is 2.84. The van der Waals surface area contributed by atoms with E-state index in [1.54, 1.807) is 12.1 Å². The number of hydrogen-bond donors (Lipinski definition) is 1. The Morgan fingerprint density at radius 1 is 1.21 bits per heavy atom. The van der Waals surface area contributed by atoms with Crippen LogP contribution in [0.25, 0.3) is 0 Å². The Hall–Kier alpha value is -0.870. The molecule has 0 aliphatic heterocycles. The molecule has 1 aromatic carbocycles. The van der Waals surface area contributed by atoms with Crippen molar-refractivity contribution in [3.05, 3.63) is 29.8 Å². The number of rotatable bonds is 3. The Bertz CT molecular complexity index is 539. The SMILES string of the molecule is CNC1CCC(C)CC1S(=O)(=O)c1ccccc1C. The van der Waals surface area contributed by atoms with Gasteiger partial charge in [0, 0.05) is 6.04 Å². The van der Waals surface area contributed by atoms with Gasteiger partial charge in [-0.25, -0.2) is 8.42 Å². The summed E-state index contributed by atoms with van der Waals surface area (Å²) in [6.45, 7) is 4.01. The number of hydrogen-bond acceptors (Lipinski definition) is 3. The molecule has 2 rings (SSSR count). The molecule has 1 aromatic rings. The van der Waals surface area contributed by atoms with Gasteiger partial charge in [0.2, 0.25) is 0 Å². The van der Waals surface area contributed by atoms with E-state index < -0.39 is 9.84 Å². The molecule has 3 atom stereocenters. The minimum atomic E-state index is -3.25. The van der Waals surface area contributed by atoms with Crippen molar-refractivity contribution in [2.75, 3.05) is 7.05 Å². The normalized spacial score (nSPS) is 28.3. The largest absolute Gasteiger partial charge is 0.316 e. The molecule has 1 fully saturated rings. The molecule has 0 spiro atoms. The van der Waals surface area contributed by atoms with Crippen LogP contribution < -0.4 is 5.32 Å². The minimum Gasteiger partial charge on any atom is -0.316 e. The van der Waals surface area contributed by atoms with Gasteiger partial charge in [0.25, 0.3) is 0 Å². The van der Waals surface area contributed by atoms with E-state index in [2.05, 4.69) is 12.2 Å². The molecule has 0 bridgehead atoms. The fourth-order valence-electron chi connectivity index (χ4n) is 3.04. The van der Waals surface area contributed by atoms with Gasteiger partial charge in [-0.15, -0.1) is 0 Å². The van der Waals surface area contributed by atoms with Gasteiger partial charge < -0.3 is 5.32 Å². The van der Waals surface area contributed by atoms with Gasteiger partial charge in [-0.1, -0.05) is 25.1 Å². The zero-order valence-corrected chi connectivity index (χ0v) is 12.7. The van der Waals surface area contributed by atoms with Gasteiger partial charge in [0.15, 0.2) is 9.84 Å². The highest BCUT2D eigenvalue weighted by Gasteiger charge is 2.38. The van der Waals surface area contributed by atoms with Crippen LogP contribution in [0.2, 0.25) is 0 Å². The lowest BCUT2D eigenvalue weighted by Gasteiger charge is -2.34. The van der Waals surface area contributed by atoms with Crippen LogP contribution in [0, 0.1) is 12.8 Å². The van der Waals surface area contributed by atoms with Crippen molar-refractivity contribution in [2.24, 2.45) is 5.92 Å². The third-order valence-electron chi connectivity index (χ3n) is 4.22. The van der Waals surface area contributed by atoms with E-state index >= 15 is 0 Å². The van der Waals surface area contributed by atoms with E-state index in [1.165, 1.54) is 0 Å². The fraction of sp³-hybridized carbons (Fsp3) is 0.600. The van der Waals surface area contributed by atoms with Crippen LogP contribution >= 0.6 is 0 Å². The molecule has 3 unspecified atom stereocenters. The predicted molar refractivity (Wildman–Crippen MR) is 78.0 cm³/mol. The van der Waals surface area contributed by atoms with Crippen LogP contribution in [-0.4, -0.2) is 26.8 Å². The van der Waals surface area contributed by atoms with Crippen molar-refractivity contribution in [3.8, 4) is 0 Å². The monoisotopic (exact) mass is 281 g/mol. The van der Waals surface area contributed by atoms with E-state index in [0.717, 1.165) is 24.8 Å². The molecule has 0 amide bonds. The number of aryl methyl sites for hydroxylation is 1. The first kappa shape index (κ1) is 14.5. The average Bonchev–Trinajstić information content (AvgIpc) is 2.39. The lowest BCUT2D eigenvalue weighted by atomic mass is 9.87. The Labute approximate surface area is 116 Å². The highest BCUT2D eigenvalue weighted by Crippen LogP contribution is 2.33. The number of sulfone groups is 1. The van der Waals surface area contributed by atoms with Crippen molar-refractivity contribution < 1.29 is 8.42 Å². The first-order chi connectivity index (χ1) is 8.96. The summed E-state index contributed by atoms with van der Waals surface area (Å²) in [6.07, 6.45) is 2.79. The molecule has 1 N–H and O–H groups in total. The Morgan fingerprint density at radius 3 is 2.53 bits per heavy atom. The van der Waals surface area contributed by atoms with Gasteiger partial charge in [-0.3, -0.25) is 0 Å². The Morgan fingerprint density at radius 2 is 1.89 bits per heavy atom. The predicted octanol–water partition coefficient (Wildman–Crippen LogP) is 2.55. The molecule has 1 aliphatic rings. The molecule has 19 heavy (non-hydrogen) atoms. The standard InChI is InChI=1S/C15H23NO2S/c1-11-8-9-13(16-3)15(10-11)19(17,18)14-7-5-4-6-12(14)2/h4-7,11,13,15-16H,8-10H2,1-3H3. The van der Waals surface area contributed by atoms with Crippen molar-refractivity contribution >= 4 is 9.84 Å². The number of nitrogens with one attached hydrogen (secondary N) is 1. The van der Waals surface area contributed by atoms with Crippen molar-refractivity contribution in [1.82, 2.24) is 5.32 Å². The van der Waals surface area contributed by atoms with Crippen LogP contribution in [0.4, 0.5) is 0 Å². The fourth-order valence-corrected chi connectivity index (χ4v) is 5.44. The molecule has 1 saturated carbocycles. The van der Waals surface area contributed by atoms with Crippen LogP contribution in [0.3, 0.4) is 0 Å². The third-order valence-corrected chi connectivity index (χ3v) is 6.61. The molecule has 0 aromatic heterocycles. The van der Waals surface area contributed by atoms with E-state index in [-0.39, 0.29) is 11.3 Å². The first-order valence-corrected chi connectivity index (χ1v) is 8.48. The minimum absolute atomic E-state index is 0.0702. The summed E-state index contributed by atoms with van der Waals surface area (Å²) in [4.78, 5) is 0.495. The van der Waals surface area contributed by atoms with Crippen molar-refractivity contribution in [3.63, 3.8) is 0 Å². The van der Waals surface area contributed by atoms with Gasteiger partial charge in [0.05, 0.1) is 10.1 Å². The van der Waals surface area contributed by atoms with Crippen molar-refractivity contribution in [2.45, 2.75) is 49.3 Å². The molecule has 0 radical (unpaired) electrons. The summed E-state index contributed by atoms with van der Waals surface area (Å²) in [6, 6.07) is 7.36. The molecule has 4 heteroatoms. The van der Waals surface area contributed by atoms with Crippen LogP contribution in [0.1, 0.15) is 31.7 Å². The smallest absolute Gasteiger partial charge is 0.183 e. The maximum Gasteiger partial charge on any atom is 0.183 e. The summed E-state index contributed by atoms with van der Waals surface area (Å²) >= 11 is 0. The molecule has 3 nitrogen and oxygen atoms in total. The number of benzene rings is 1. The Kier molecular flexibility index (Phi) is 4.31. The lowest BCUT2D eigenvalue weighted by Crippen LogP contribution is -2.46. The summed E-state index contributed by atoms with van der Waals surface area (Å²) in [7, 11) is -1.39.